The Hall–Kier alpha value is -1.08. The predicted octanol–water partition coefficient (Wildman–Crippen LogP) is 2.17. The van der Waals surface area contributed by atoms with Crippen LogP contribution in [-0.2, 0) is 22.4 Å². The summed E-state index contributed by atoms with van der Waals surface area (Å²) in [6.45, 7) is 0. The summed E-state index contributed by atoms with van der Waals surface area (Å²) in [6, 6.07) is 0. The summed E-state index contributed by atoms with van der Waals surface area (Å²) in [5.41, 5.74) is 0.850. The maximum Gasteiger partial charge on any atom is 0.306 e. The lowest BCUT2D eigenvalue weighted by Gasteiger charge is -2.16. The number of fused-ring (bicyclic) bond motifs is 1. The van der Waals surface area contributed by atoms with Crippen molar-refractivity contribution in [3.63, 3.8) is 0 Å². The van der Waals surface area contributed by atoms with E-state index in [0.29, 0.717) is 18.0 Å². The average molecular weight is 312 g/mol. The molecule has 0 saturated carbocycles. The number of aryl methyl sites for hydroxylation is 1. The van der Waals surface area contributed by atoms with Crippen molar-refractivity contribution in [3.8, 4) is 0 Å². The van der Waals surface area contributed by atoms with Crippen LogP contribution in [0.25, 0.3) is 0 Å². The van der Waals surface area contributed by atoms with Crippen molar-refractivity contribution in [1.82, 2.24) is 4.98 Å². The number of hydrogen-bond acceptors (Lipinski definition) is 5. The average Bonchev–Trinajstić information content (AvgIpc) is 3.06. The fourth-order valence-electron chi connectivity index (χ4n) is 2.61. The lowest BCUT2D eigenvalue weighted by Crippen LogP contribution is -2.23. The van der Waals surface area contributed by atoms with Crippen LogP contribution in [0.1, 0.15) is 29.8 Å². The molecule has 2 atom stereocenters. The number of anilines is 1. The van der Waals surface area contributed by atoms with Gasteiger partial charge in [0.05, 0.1) is 16.9 Å². The highest BCUT2D eigenvalue weighted by Gasteiger charge is 2.29. The molecule has 1 saturated heterocycles. The molecule has 2 aliphatic rings. The van der Waals surface area contributed by atoms with Gasteiger partial charge in [0.2, 0.25) is 5.91 Å². The molecule has 0 bridgehead atoms. The first-order valence-corrected chi connectivity index (χ1v) is 8.64. The van der Waals surface area contributed by atoms with Gasteiger partial charge in [-0.25, -0.2) is 4.98 Å². The molecule has 0 radical (unpaired) electrons. The number of thioether (sulfide) groups is 1. The molecule has 0 spiro atoms. The van der Waals surface area contributed by atoms with Crippen LogP contribution in [0.5, 0.6) is 0 Å². The molecule has 1 aromatic rings. The van der Waals surface area contributed by atoms with Gasteiger partial charge in [-0.3, -0.25) is 9.59 Å². The minimum atomic E-state index is -0.753. The fourth-order valence-corrected chi connectivity index (χ4v) is 4.78. The zero-order chi connectivity index (χ0) is 14.1. The quantitative estimate of drug-likeness (QED) is 0.894. The molecule has 5 nitrogen and oxygen atoms in total. The predicted molar refractivity (Wildman–Crippen MR) is 79.4 cm³/mol. The van der Waals surface area contributed by atoms with Crippen LogP contribution in [0, 0.1) is 5.92 Å². The number of amides is 1. The standard InChI is InChI=1S/C13H16N2O3S2/c16-11(10-2-1-5-19-10)15-13-14-8-6-7(12(17)18)3-4-9(8)20-13/h7,10H,1-6H2,(H,17,18)(H,14,15,16). The molecule has 108 valence electrons. The Labute approximate surface area is 125 Å². The lowest BCUT2D eigenvalue weighted by atomic mass is 9.91. The first kappa shape index (κ1) is 13.9. The number of aromatic nitrogens is 1. The third-order valence-corrected chi connectivity index (χ3v) is 6.19. The third kappa shape index (κ3) is 2.83. The fraction of sp³-hybridized carbons (Fsp3) is 0.615. The Morgan fingerprint density at radius 3 is 2.90 bits per heavy atom. The Morgan fingerprint density at radius 2 is 2.20 bits per heavy atom. The van der Waals surface area contributed by atoms with Crippen molar-refractivity contribution in [1.29, 1.82) is 0 Å². The van der Waals surface area contributed by atoms with Gasteiger partial charge in [0.15, 0.2) is 5.13 Å². The van der Waals surface area contributed by atoms with Crippen molar-refractivity contribution in [3.05, 3.63) is 10.6 Å². The minimum absolute atomic E-state index is 0.0355. The van der Waals surface area contributed by atoms with Crippen LogP contribution in [0.15, 0.2) is 0 Å². The topological polar surface area (TPSA) is 79.3 Å². The van der Waals surface area contributed by atoms with Gasteiger partial charge in [0.1, 0.15) is 0 Å². The van der Waals surface area contributed by atoms with E-state index >= 15 is 0 Å². The molecule has 2 unspecified atom stereocenters. The first-order chi connectivity index (χ1) is 9.63. The van der Waals surface area contributed by atoms with E-state index < -0.39 is 5.97 Å². The molecule has 7 heteroatoms. The zero-order valence-electron chi connectivity index (χ0n) is 10.9. The van der Waals surface area contributed by atoms with Crippen LogP contribution in [0.3, 0.4) is 0 Å². The second-order valence-corrected chi connectivity index (χ2v) is 7.55. The van der Waals surface area contributed by atoms with Crippen molar-refractivity contribution < 1.29 is 14.7 Å². The molecule has 1 aromatic heterocycles. The summed E-state index contributed by atoms with van der Waals surface area (Å²) in [6.07, 6.45) is 3.92. The summed E-state index contributed by atoms with van der Waals surface area (Å²) in [5.74, 6) is -0.00394. The number of rotatable bonds is 3. The van der Waals surface area contributed by atoms with Crippen LogP contribution in [0.4, 0.5) is 5.13 Å². The van der Waals surface area contributed by atoms with Crippen LogP contribution in [-0.4, -0.2) is 33.0 Å². The summed E-state index contributed by atoms with van der Waals surface area (Å²) >= 11 is 3.19. The van der Waals surface area contributed by atoms with Crippen molar-refractivity contribution in [2.24, 2.45) is 5.92 Å². The van der Waals surface area contributed by atoms with Crippen LogP contribution < -0.4 is 5.32 Å². The van der Waals surface area contributed by atoms with Gasteiger partial charge in [-0.15, -0.1) is 23.1 Å². The number of nitrogens with one attached hydrogen (secondary N) is 1. The van der Waals surface area contributed by atoms with E-state index in [1.165, 1.54) is 11.3 Å². The number of hydrogen-bond donors (Lipinski definition) is 2. The maximum absolute atomic E-state index is 12.0. The van der Waals surface area contributed by atoms with Crippen LogP contribution in [0.2, 0.25) is 0 Å². The molecule has 2 N–H and O–H groups in total. The van der Waals surface area contributed by atoms with Crippen LogP contribution >= 0.6 is 23.1 Å². The smallest absolute Gasteiger partial charge is 0.306 e. The first-order valence-electron chi connectivity index (χ1n) is 6.77. The summed E-state index contributed by atoms with van der Waals surface area (Å²) < 4.78 is 0. The molecule has 1 aliphatic heterocycles. The monoisotopic (exact) mass is 312 g/mol. The Balaban J connectivity index is 1.67. The molecule has 1 amide bonds. The van der Waals surface area contributed by atoms with Crippen molar-refractivity contribution in [2.45, 2.75) is 37.4 Å². The van der Waals surface area contributed by atoms with E-state index in [4.69, 9.17) is 5.11 Å². The van der Waals surface area contributed by atoms with E-state index in [1.807, 2.05) is 0 Å². The van der Waals surface area contributed by atoms with Crippen molar-refractivity contribution >= 4 is 40.1 Å². The number of carboxylic acids is 1. The molecular formula is C13H16N2O3S2. The third-order valence-electron chi connectivity index (χ3n) is 3.74. The zero-order valence-corrected chi connectivity index (χ0v) is 12.6. The normalized spacial score (nSPS) is 25.2. The Bertz CT molecular complexity index is 538. The molecule has 3 rings (SSSR count). The van der Waals surface area contributed by atoms with Gasteiger partial charge >= 0.3 is 5.97 Å². The summed E-state index contributed by atoms with van der Waals surface area (Å²) in [4.78, 5) is 28.6. The molecule has 1 fully saturated rings. The number of carbonyl (C=O) groups excluding carboxylic acids is 1. The van der Waals surface area contributed by atoms with Crippen molar-refractivity contribution in [2.75, 3.05) is 11.1 Å². The number of carboxylic acid groups (broad SMARTS) is 1. The van der Waals surface area contributed by atoms with Gasteiger partial charge in [0, 0.05) is 11.3 Å². The Morgan fingerprint density at radius 1 is 1.35 bits per heavy atom. The summed E-state index contributed by atoms with van der Waals surface area (Å²) in [7, 11) is 0. The van der Waals surface area contributed by atoms with E-state index in [0.717, 1.165) is 35.6 Å². The Kier molecular flexibility index (Phi) is 3.98. The number of aliphatic carboxylic acids is 1. The van der Waals surface area contributed by atoms with Gasteiger partial charge in [-0.05, 0) is 31.4 Å². The van der Waals surface area contributed by atoms with Gasteiger partial charge in [-0.2, -0.15) is 0 Å². The molecule has 20 heavy (non-hydrogen) atoms. The molecule has 0 aromatic carbocycles. The highest BCUT2D eigenvalue weighted by molar-refractivity contribution is 8.00. The number of thiazole rings is 1. The maximum atomic E-state index is 12.0. The summed E-state index contributed by atoms with van der Waals surface area (Å²) in [5, 5.41) is 12.6. The lowest BCUT2D eigenvalue weighted by molar-refractivity contribution is -0.142. The SMILES string of the molecule is O=C(O)C1CCc2sc(NC(=O)C3CCCS3)nc2C1. The molecule has 2 heterocycles. The van der Waals surface area contributed by atoms with E-state index in [9.17, 15) is 9.59 Å². The second-order valence-electron chi connectivity index (χ2n) is 5.16. The number of carbonyl (C=O) groups is 2. The second kappa shape index (κ2) is 5.73. The highest BCUT2D eigenvalue weighted by atomic mass is 32.2. The van der Waals surface area contributed by atoms with E-state index in [2.05, 4.69) is 10.3 Å². The van der Waals surface area contributed by atoms with Gasteiger partial charge in [0.25, 0.3) is 0 Å². The highest BCUT2D eigenvalue weighted by Crippen LogP contribution is 2.33. The minimum Gasteiger partial charge on any atom is -0.481 e. The van der Waals surface area contributed by atoms with Gasteiger partial charge in [-0.1, -0.05) is 0 Å². The van der Waals surface area contributed by atoms with E-state index in [1.54, 1.807) is 11.8 Å². The molecule has 1 aliphatic carbocycles. The van der Waals surface area contributed by atoms with Gasteiger partial charge < -0.3 is 10.4 Å². The largest absolute Gasteiger partial charge is 0.481 e. The van der Waals surface area contributed by atoms with E-state index in [-0.39, 0.29) is 17.1 Å². The molecular weight excluding hydrogens is 296 g/mol. The number of nitrogens with zero attached hydrogens (tertiary/aromatic N) is 1.